The predicted molar refractivity (Wildman–Crippen MR) is 102 cm³/mol. The molecule has 2 aliphatic rings. The molecule has 1 aromatic carbocycles. The van der Waals surface area contributed by atoms with Gasteiger partial charge in [-0.3, -0.25) is 4.79 Å². The monoisotopic (exact) mass is 360 g/mol. The fraction of sp³-hybridized carbons (Fsp3) is 0.526. The number of carbonyl (C=O) groups excluding carboxylic acids is 1. The second kappa shape index (κ2) is 6.89. The first-order valence-electron chi connectivity index (χ1n) is 9.22. The van der Waals surface area contributed by atoms with Gasteiger partial charge in [0.2, 0.25) is 0 Å². The maximum Gasteiger partial charge on any atom is 0.270 e. The highest BCUT2D eigenvalue weighted by molar-refractivity contribution is 6.32. The minimum absolute atomic E-state index is 0.0510. The van der Waals surface area contributed by atoms with Crippen molar-refractivity contribution in [2.24, 2.45) is 11.7 Å². The highest BCUT2D eigenvalue weighted by atomic mass is 35.5. The first-order chi connectivity index (χ1) is 12.1. The molecule has 2 heterocycles. The number of nitrogens with two attached hydrogens (primary N) is 1. The van der Waals surface area contributed by atoms with E-state index >= 15 is 0 Å². The molecule has 1 atom stereocenters. The summed E-state index contributed by atoms with van der Waals surface area (Å²) in [5, 5.41) is 5.27. The first kappa shape index (κ1) is 16.7. The van der Waals surface area contributed by atoms with Gasteiger partial charge >= 0.3 is 0 Å². The number of hydrogen-bond acceptors (Lipinski definition) is 3. The Morgan fingerprint density at radius 2 is 2.08 bits per heavy atom. The van der Waals surface area contributed by atoms with Crippen LogP contribution in [0.4, 0.5) is 5.69 Å². The van der Waals surface area contributed by atoms with E-state index in [1.807, 2.05) is 23.1 Å². The van der Waals surface area contributed by atoms with Crippen LogP contribution in [0.5, 0.6) is 0 Å². The lowest BCUT2D eigenvalue weighted by molar-refractivity contribution is 0.0783. The average molecular weight is 361 g/mol. The molecule has 5 nitrogen and oxygen atoms in total. The standard InChI is InChI=1S/C19H25ClN4O/c20-14-7-13-8-17(19(25)24-6-5-12(10-21)11-24)23-18(13)16(9-14)22-15-3-1-2-4-15/h7-9,12,15,22-23H,1-6,10-11,21H2. The zero-order chi connectivity index (χ0) is 17.4. The van der Waals surface area contributed by atoms with Gasteiger partial charge in [0.15, 0.2) is 0 Å². The fourth-order valence-electron chi connectivity index (χ4n) is 4.11. The van der Waals surface area contributed by atoms with Crippen molar-refractivity contribution in [1.29, 1.82) is 0 Å². The molecule has 0 bridgehead atoms. The second-order valence-electron chi connectivity index (χ2n) is 7.37. The van der Waals surface area contributed by atoms with Gasteiger partial charge in [-0.15, -0.1) is 0 Å². The van der Waals surface area contributed by atoms with E-state index in [2.05, 4.69) is 10.3 Å². The molecule has 6 heteroatoms. The number of H-pyrrole nitrogens is 1. The zero-order valence-corrected chi connectivity index (χ0v) is 15.1. The molecule has 2 fully saturated rings. The predicted octanol–water partition coefficient (Wildman–Crippen LogP) is 3.60. The molecule has 0 spiro atoms. The van der Waals surface area contributed by atoms with Gasteiger partial charge in [0.25, 0.3) is 5.91 Å². The van der Waals surface area contributed by atoms with Gasteiger partial charge in [0.05, 0.1) is 11.2 Å². The Balaban J connectivity index is 1.61. The third-order valence-corrected chi connectivity index (χ3v) is 5.76. The van der Waals surface area contributed by atoms with Crippen LogP contribution in [0.2, 0.25) is 5.02 Å². The SMILES string of the molecule is NCC1CCN(C(=O)c2cc3cc(Cl)cc(NC4CCCC4)c3[nH]2)C1. The average Bonchev–Trinajstić information content (AvgIpc) is 3.34. The summed E-state index contributed by atoms with van der Waals surface area (Å²) in [7, 11) is 0. The maximum absolute atomic E-state index is 12.8. The third-order valence-electron chi connectivity index (χ3n) is 5.54. The van der Waals surface area contributed by atoms with Crippen LogP contribution < -0.4 is 11.1 Å². The van der Waals surface area contributed by atoms with Crippen LogP contribution >= 0.6 is 11.6 Å². The number of nitrogens with zero attached hydrogens (tertiary/aromatic N) is 1. The van der Waals surface area contributed by atoms with Gasteiger partial charge in [0, 0.05) is 29.5 Å². The van der Waals surface area contributed by atoms with Crippen molar-refractivity contribution in [2.75, 3.05) is 25.0 Å². The number of aromatic amines is 1. The molecule has 4 N–H and O–H groups in total. The van der Waals surface area contributed by atoms with Crippen molar-refractivity contribution < 1.29 is 4.79 Å². The van der Waals surface area contributed by atoms with Gasteiger partial charge in [-0.2, -0.15) is 0 Å². The summed E-state index contributed by atoms with van der Waals surface area (Å²) in [6.07, 6.45) is 5.91. The highest BCUT2D eigenvalue weighted by Gasteiger charge is 2.27. The number of hydrogen-bond donors (Lipinski definition) is 3. The first-order valence-corrected chi connectivity index (χ1v) is 9.60. The highest BCUT2D eigenvalue weighted by Crippen LogP contribution is 2.32. The normalized spacial score (nSPS) is 21.4. The number of benzene rings is 1. The van der Waals surface area contributed by atoms with Crippen LogP contribution in [0.1, 0.15) is 42.6 Å². The topological polar surface area (TPSA) is 74.2 Å². The van der Waals surface area contributed by atoms with E-state index in [4.69, 9.17) is 17.3 Å². The van der Waals surface area contributed by atoms with Crippen LogP contribution in [-0.4, -0.2) is 41.5 Å². The third kappa shape index (κ3) is 3.35. The molecular weight excluding hydrogens is 336 g/mol. The molecule has 25 heavy (non-hydrogen) atoms. The van der Waals surface area contributed by atoms with Crippen LogP contribution in [-0.2, 0) is 0 Å². The molecule has 4 rings (SSSR count). The Morgan fingerprint density at radius 3 is 2.80 bits per heavy atom. The van der Waals surface area contributed by atoms with Crippen LogP contribution in [0.3, 0.4) is 0 Å². The quantitative estimate of drug-likeness (QED) is 0.779. The van der Waals surface area contributed by atoms with Gasteiger partial charge in [0.1, 0.15) is 5.69 Å². The van der Waals surface area contributed by atoms with Crippen molar-refractivity contribution in [1.82, 2.24) is 9.88 Å². The number of nitrogens with one attached hydrogen (secondary N) is 2. The van der Waals surface area contributed by atoms with E-state index in [1.54, 1.807) is 0 Å². The Hall–Kier alpha value is -1.72. The minimum Gasteiger partial charge on any atom is -0.381 e. The smallest absolute Gasteiger partial charge is 0.270 e. The fourth-order valence-corrected chi connectivity index (χ4v) is 4.33. The molecule has 1 aliphatic carbocycles. The molecule has 134 valence electrons. The summed E-state index contributed by atoms with van der Waals surface area (Å²) in [5.41, 5.74) is 8.33. The number of aromatic nitrogens is 1. The van der Waals surface area contributed by atoms with Crippen molar-refractivity contribution in [2.45, 2.75) is 38.1 Å². The van der Waals surface area contributed by atoms with E-state index in [1.165, 1.54) is 25.7 Å². The Kier molecular flexibility index (Phi) is 4.61. The minimum atomic E-state index is 0.0510. The molecule has 2 aromatic rings. The summed E-state index contributed by atoms with van der Waals surface area (Å²) in [5.74, 6) is 0.470. The number of carbonyl (C=O) groups is 1. The number of likely N-dealkylation sites (tertiary alicyclic amines) is 1. The molecule has 1 aromatic heterocycles. The van der Waals surface area contributed by atoms with Gasteiger partial charge in [-0.1, -0.05) is 24.4 Å². The van der Waals surface area contributed by atoms with E-state index in [0.717, 1.165) is 36.1 Å². The molecular formula is C19H25ClN4O. The second-order valence-corrected chi connectivity index (χ2v) is 7.80. The summed E-state index contributed by atoms with van der Waals surface area (Å²) < 4.78 is 0. The van der Waals surface area contributed by atoms with E-state index in [9.17, 15) is 4.79 Å². The van der Waals surface area contributed by atoms with Crippen molar-refractivity contribution in [3.63, 3.8) is 0 Å². The lowest BCUT2D eigenvalue weighted by Gasteiger charge is -2.15. The molecule has 1 saturated heterocycles. The van der Waals surface area contributed by atoms with Crippen molar-refractivity contribution in [3.05, 3.63) is 28.9 Å². The lowest BCUT2D eigenvalue weighted by atomic mass is 10.1. The molecule has 0 radical (unpaired) electrons. The summed E-state index contributed by atoms with van der Waals surface area (Å²) >= 11 is 6.30. The largest absolute Gasteiger partial charge is 0.381 e. The van der Waals surface area contributed by atoms with Crippen LogP contribution in [0.15, 0.2) is 18.2 Å². The molecule has 1 saturated carbocycles. The lowest BCUT2D eigenvalue weighted by Crippen LogP contribution is -2.30. The number of halogens is 1. The Morgan fingerprint density at radius 1 is 1.28 bits per heavy atom. The number of anilines is 1. The number of fused-ring (bicyclic) bond motifs is 1. The maximum atomic E-state index is 12.8. The number of amides is 1. The molecule has 1 unspecified atom stereocenters. The summed E-state index contributed by atoms with van der Waals surface area (Å²) in [6, 6.07) is 6.27. The van der Waals surface area contributed by atoms with Gasteiger partial charge in [-0.25, -0.2) is 0 Å². The van der Waals surface area contributed by atoms with Crippen LogP contribution in [0.25, 0.3) is 10.9 Å². The zero-order valence-electron chi connectivity index (χ0n) is 14.4. The van der Waals surface area contributed by atoms with E-state index < -0.39 is 0 Å². The van der Waals surface area contributed by atoms with Crippen LogP contribution in [0, 0.1) is 5.92 Å². The molecule has 1 amide bonds. The summed E-state index contributed by atoms with van der Waals surface area (Å²) in [6.45, 7) is 2.17. The van der Waals surface area contributed by atoms with Gasteiger partial charge < -0.3 is 20.9 Å². The van der Waals surface area contributed by atoms with E-state index in [-0.39, 0.29) is 5.91 Å². The van der Waals surface area contributed by atoms with Crippen molar-refractivity contribution >= 4 is 34.1 Å². The van der Waals surface area contributed by atoms with E-state index in [0.29, 0.717) is 29.2 Å². The molecule has 1 aliphatic heterocycles. The number of rotatable bonds is 4. The van der Waals surface area contributed by atoms with Crippen molar-refractivity contribution in [3.8, 4) is 0 Å². The Bertz CT molecular complexity index is 781. The van der Waals surface area contributed by atoms with Gasteiger partial charge in [-0.05, 0) is 49.9 Å². The Labute approximate surface area is 152 Å². The summed E-state index contributed by atoms with van der Waals surface area (Å²) in [4.78, 5) is 18.0.